The van der Waals surface area contributed by atoms with Crippen LogP contribution in [0.2, 0.25) is 0 Å². The molecule has 4 amide bonds. The number of carbonyl (C=O) groups is 4. The van der Waals surface area contributed by atoms with Crippen molar-refractivity contribution in [2.45, 2.75) is 25.8 Å². The zero-order valence-corrected chi connectivity index (χ0v) is 23.7. The van der Waals surface area contributed by atoms with Gasteiger partial charge in [-0.3, -0.25) is 14.4 Å². The Labute approximate surface area is 249 Å². The van der Waals surface area contributed by atoms with Crippen LogP contribution < -0.4 is 26.0 Å². The van der Waals surface area contributed by atoms with Crippen molar-refractivity contribution in [3.8, 4) is 5.75 Å². The van der Waals surface area contributed by atoms with Crippen LogP contribution in [-0.2, 0) is 16.0 Å². The lowest BCUT2D eigenvalue weighted by Gasteiger charge is -2.18. The molecule has 0 saturated carbocycles. The van der Waals surface area contributed by atoms with Crippen molar-refractivity contribution in [1.29, 1.82) is 0 Å². The van der Waals surface area contributed by atoms with Crippen molar-refractivity contribution in [2.75, 3.05) is 23.1 Å². The summed E-state index contributed by atoms with van der Waals surface area (Å²) in [7, 11) is 1.48. The van der Waals surface area contributed by atoms with Crippen molar-refractivity contribution in [2.24, 2.45) is 0 Å². The number of benzene rings is 4. The molecule has 4 aromatic carbocycles. The maximum atomic E-state index is 12.8. The Hall–Kier alpha value is -5.64. The zero-order valence-electron chi connectivity index (χ0n) is 23.7. The number of hydrogen-bond donors (Lipinski definition) is 5. The Bertz CT molecular complexity index is 1610. The Morgan fingerprint density at radius 3 is 2.14 bits per heavy atom. The number of amides is 4. The third-order valence-corrected chi connectivity index (χ3v) is 6.59. The number of para-hydroxylation sites is 1. The summed E-state index contributed by atoms with van der Waals surface area (Å²) in [4.78, 5) is 49.4. The van der Waals surface area contributed by atoms with E-state index in [-0.39, 0.29) is 24.7 Å². The molecule has 0 heterocycles. The number of hydrogen-bond acceptors (Lipinski definition) is 5. The number of methoxy groups -OCH3 is 1. The van der Waals surface area contributed by atoms with Gasteiger partial charge in [0.05, 0.1) is 31.7 Å². The third kappa shape index (κ3) is 8.67. The Morgan fingerprint density at radius 1 is 0.791 bits per heavy atom. The SMILES string of the molecule is COc1cc(CC(=O)Nc2ccc(C(CC(=O)O)NC(=O)c3ccccc3)cc2)ccc1NC(=O)Nc1ccccc1C. The van der Waals surface area contributed by atoms with Crippen LogP contribution in [0.3, 0.4) is 0 Å². The van der Waals surface area contributed by atoms with Gasteiger partial charge >= 0.3 is 12.0 Å². The number of aliphatic carboxylic acids is 1. The lowest BCUT2D eigenvalue weighted by atomic mass is 10.0. The maximum absolute atomic E-state index is 12.8. The molecule has 0 aliphatic heterocycles. The second-order valence-corrected chi connectivity index (χ2v) is 9.77. The largest absolute Gasteiger partial charge is 0.495 e. The first kappa shape index (κ1) is 30.3. The van der Waals surface area contributed by atoms with E-state index in [1.807, 2.05) is 25.1 Å². The molecule has 0 aliphatic carbocycles. The zero-order chi connectivity index (χ0) is 30.8. The maximum Gasteiger partial charge on any atom is 0.323 e. The van der Waals surface area contributed by atoms with Crippen LogP contribution in [0.4, 0.5) is 21.9 Å². The topological polar surface area (TPSA) is 146 Å². The molecule has 0 fully saturated rings. The van der Waals surface area contributed by atoms with E-state index in [0.717, 1.165) is 5.56 Å². The number of carboxylic acid groups (broad SMARTS) is 1. The number of urea groups is 1. The van der Waals surface area contributed by atoms with Crippen LogP contribution in [0, 0.1) is 6.92 Å². The Kier molecular flexibility index (Phi) is 10.1. The number of anilines is 3. The lowest BCUT2D eigenvalue weighted by molar-refractivity contribution is -0.137. The molecular weight excluding hydrogens is 548 g/mol. The van der Waals surface area contributed by atoms with Gasteiger partial charge < -0.3 is 31.1 Å². The summed E-state index contributed by atoms with van der Waals surface area (Å²) < 4.78 is 5.43. The minimum Gasteiger partial charge on any atom is -0.495 e. The molecule has 0 aromatic heterocycles. The second kappa shape index (κ2) is 14.3. The van der Waals surface area contributed by atoms with Gasteiger partial charge in [-0.2, -0.15) is 0 Å². The summed E-state index contributed by atoms with van der Waals surface area (Å²) in [5, 5.41) is 20.5. The van der Waals surface area contributed by atoms with Gasteiger partial charge in [0.25, 0.3) is 5.91 Å². The van der Waals surface area contributed by atoms with E-state index in [2.05, 4.69) is 21.3 Å². The van der Waals surface area contributed by atoms with E-state index in [9.17, 15) is 24.3 Å². The highest BCUT2D eigenvalue weighted by molar-refractivity contribution is 6.01. The van der Waals surface area contributed by atoms with Crippen LogP contribution in [-0.4, -0.2) is 36.0 Å². The van der Waals surface area contributed by atoms with E-state index in [0.29, 0.717) is 39.5 Å². The minimum atomic E-state index is -1.06. The predicted molar refractivity (Wildman–Crippen MR) is 164 cm³/mol. The van der Waals surface area contributed by atoms with E-state index < -0.39 is 18.0 Å². The van der Waals surface area contributed by atoms with Crippen molar-refractivity contribution in [3.63, 3.8) is 0 Å². The van der Waals surface area contributed by atoms with Crippen molar-refractivity contribution >= 4 is 40.9 Å². The standard InChI is InChI=1S/C33H32N4O6/c1-21-8-6-7-11-26(21)36-33(42)37-27-17-12-22(18-29(27)43-2)19-30(38)34-25-15-13-23(14-16-25)28(20-31(39)40)35-32(41)24-9-4-3-5-10-24/h3-18,28H,19-20H2,1-2H3,(H,34,38)(H,35,41)(H,39,40)(H2,36,37,42). The molecule has 0 saturated heterocycles. The lowest BCUT2D eigenvalue weighted by Crippen LogP contribution is -2.30. The summed E-state index contributed by atoms with van der Waals surface area (Å²) in [6.45, 7) is 1.90. The van der Waals surface area contributed by atoms with Gasteiger partial charge in [0, 0.05) is 16.9 Å². The highest BCUT2D eigenvalue weighted by atomic mass is 16.5. The number of carbonyl (C=O) groups excluding carboxylic acids is 3. The van der Waals surface area contributed by atoms with Crippen molar-refractivity contribution in [3.05, 3.63) is 119 Å². The van der Waals surface area contributed by atoms with Gasteiger partial charge in [-0.25, -0.2) is 4.79 Å². The van der Waals surface area contributed by atoms with E-state index in [4.69, 9.17) is 4.74 Å². The van der Waals surface area contributed by atoms with Crippen LogP contribution in [0.25, 0.3) is 0 Å². The smallest absolute Gasteiger partial charge is 0.323 e. The van der Waals surface area contributed by atoms with Crippen molar-refractivity contribution in [1.82, 2.24) is 5.32 Å². The highest BCUT2D eigenvalue weighted by Gasteiger charge is 2.19. The normalized spacial score (nSPS) is 11.1. The summed E-state index contributed by atoms with van der Waals surface area (Å²) in [6.07, 6.45) is -0.257. The van der Waals surface area contributed by atoms with Crippen LogP contribution in [0.5, 0.6) is 5.75 Å². The molecule has 0 spiro atoms. The molecule has 1 unspecified atom stereocenters. The summed E-state index contributed by atoms with van der Waals surface area (Å²) in [5.41, 5.74) is 4.25. The number of rotatable bonds is 11. The van der Waals surface area contributed by atoms with Gasteiger partial charge in [0.2, 0.25) is 5.91 Å². The van der Waals surface area contributed by atoms with Gasteiger partial charge in [-0.05, 0) is 66.1 Å². The number of ether oxygens (including phenoxy) is 1. The quantitative estimate of drug-likeness (QED) is 0.152. The highest BCUT2D eigenvalue weighted by Crippen LogP contribution is 2.27. The average molecular weight is 581 g/mol. The molecule has 220 valence electrons. The Morgan fingerprint density at radius 2 is 1.47 bits per heavy atom. The fourth-order valence-electron chi connectivity index (χ4n) is 4.39. The molecule has 4 aromatic rings. The second-order valence-electron chi connectivity index (χ2n) is 9.77. The van der Waals surface area contributed by atoms with Gasteiger partial charge in [0.1, 0.15) is 5.75 Å². The van der Waals surface area contributed by atoms with Crippen LogP contribution in [0.15, 0.2) is 97.1 Å². The Balaban J connectivity index is 1.36. The average Bonchev–Trinajstić information content (AvgIpc) is 2.99. The molecule has 1 atom stereocenters. The summed E-state index contributed by atoms with van der Waals surface area (Å²) in [5.74, 6) is -1.32. The van der Waals surface area contributed by atoms with Crippen molar-refractivity contribution < 1.29 is 29.0 Å². The van der Waals surface area contributed by atoms with Gasteiger partial charge in [0.15, 0.2) is 0 Å². The molecule has 10 heteroatoms. The van der Waals surface area contributed by atoms with Crippen LogP contribution >= 0.6 is 0 Å². The number of aryl methyl sites for hydroxylation is 1. The monoisotopic (exact) mass is 580 g/mol. The van der Waals surface area contributed by atoms with E-state index in [1.54, 1.807) is 78.9 Å². The molecule has 4 rings (SSSR count). The third-order valence-electron chi connectivity index (χ3n) is 6.59. The summed E-state index contributed by atoms with van der Waals surface area (Å²) in [6, 6.07) is 26.5. The number of nitrogens with one attached hydrogen (secondary N) is 4. The first-order valence-electron chi connectivity index (χ1n) is 13.5. The molecule has 0 bridgehead atoms. The van der Waals surface area contributed by atoms with Gasteiger partial charge in [-0.1, -0.05) is 54.6 Å². The predicted octanol–water partition coefficient (Wildman–Crippen LogP) is 5.77. The molecule has 0 radical (unpaired) electrons. The summed E-state index contributed by atoms with van der Waals surface area (Å²) >= 11 is 0. The molecule has 0 aliphatic rings. The van der Waals surface area contributed by atoms with E-state index >= 15 is 0 Å². The van der Waals surface area contributed by atoms with E-state index in [1.165, 1.54) is 7.11 Å². The minimum absolute atomic E-state index is 0.0442. The molecular formula is C33H32N4O6. The first-order valence-corrected chi connectivity index (χ1v) is 13.5. The van der Waals surface area contributed by atoms with Gasteiger partial charge in [-0.15, -0.1) is 0 Å². The fourth-order valence-corrected chi connectivity index (χ4v) is 4.39. The fraction of sp³-hybridized carbons (Fsp3) is 0.152. The number of carboxylic acids is 1. The molecule has 5 N–H and O–H groups in total. The molecule has 43 heavy (non-hydrogen) atoms. The first-order chi connectivity index (χ1) is 20.7. The van der Waals surface area contributed by atoms with Crippen LogP contribution in [0.1, 0.15) is 39.5 Å². The molecule has 10 nitrogen and oxygen atoms in total.